The molecular weight excluding hydrogens is 190 g/mol. The van der Waals surface area contributed by atoms with Gasteiger partial charge in [0.25, 0.3) is 5.91 Å². The molecule has 0 fully saturated rings. The molecule has 4 heteroatoms. The highest BCUT2D eigenvalue weighted by atomic mass is 16.1. The minimum Gasteiger partial charge on any atom is -0.385 e. The van der Waals surface area contributed by atoms with E-state index in [1.54, 1.807) is 13.1 Å². The van der Waals surface area contributed by atoms with E-state index in [-0.39, 0.29) is 5.91 Å². The van der Waals surface area contributed by atoms with Crippen molar-refractivity contribution in [2.75, 3.05) is 25.5 Å². The maximum atomic E-state index is 11.3. The Kier molecular flexibility index (Phi) is 4.63. The van der Waals surface area contributed by atoms with E-state index in [4.69, 9.17) is 5.73 Å². The quantitative estimate of drug-likeness (QED) is 0.626. The average Bonchev–Trinajstić information content (AvgIpc) is 2.29. The highest BCUT2D eigenvalue weighted by Crippen LogP contribution is 2.10. The SMILES string of the molecule is CNC(=O)c1cccc(NCCCN)c1. The molecule has 0 atom stereocenters. The molecule has 1 rings (SSSR count). The normalized spacial score (nSPS) is 9.73. The van der Waals surface area contributed by atoms with Crippen LogP contribution < -0.4 is 16.4 Å². The minimum atomic E-state index is -0.0718. The molecule has 0 saturated heterocycles. The second kappa shape index (κ2) is 6.03. The van der Waals surface area contributed by atoms with E-state index in [0.717, 1.165) is 18.7 Å². The molecule has 0 bridgehead atoms. The summed E-state index contributed by atoms with van der Waals surface area (Å²) < 4.78 is 0. The van der Waals surface area contributed by atoms with Crippen molar-refractivity contribution in [3.05, 3.63) is 29.8 Å². The number of hydrogen-bond acceptors (Lipinski definition) is 3. The van der Waals surface area contributed by atoms with Gasteiger partial charge in [0.05, 0.1) is 0 Å². The van der Waals surface area contributed by atoms with Crippen LogP contribution in [0, 0.1) is 0 Å². The van der Waals surface area contributed by atoms with Gasteiger partial charge in [-0.05, 0) is 31.2 Å². The molecule has 0 aliphatic heterocycles. The van der Waals surface area contributed by atoms with Crippen molar-refractivity contribution in [1.82, 2.24) is 5.32 Å². The van der Waals surface area contributed by atoms with Gasteiger partial charge in [-0.2, -0.15) is 0 Å². The van der Waals surface area contributed by atoms with Crippen molar-refractivity contribution >= 4 is 11.6 Å². The molecule has 0 unspecified atom stereocenters. The summed E-state index contributed by atoms with van der Waals surface area (Å²) in [5.74, 6) is -0.0718. The Morgan fingerprint density at radius 2 is 2.27 bits per heavy atom. The average molecular weight is 207 g/mol. The van der Waals surface area contributed by atoms with E-state index < -0.39 is 0 Å². The number of amides is 1. The Morgan fingerprint density at radius 1 is 1.47 bits per heavy atom. The van der Waals surface area contributed by atoms with Crippen LogP contribution in [0.2, 0.25) is 0 Å². The van der Waals surface area contributed by atoms with Gasteiger partial charge in [-0.1, -0.05) is 6.07 Å². The van der Waals surface area contributed by atoms with Crippen molar-refractivity contribution in [2.24, 2.45) is 5.73 Å². The zero-order valence-corrected chi connectivity index (χ0v) is 8.92. The fraction of sp³-hybridized carbons (Fsp3) is 0.364. The molecule has 0 aliphatic rings. The zero-order valence-electron chi connectivity index (χ0n) is 8.92. The molecule has 0 aliphatic carbocycles. The van der Waals surface area contributed by atoms with Gasteiger partial charge < -0.3 is 16.4 Å². The Bertz CT molecular complexity index is 325. The third-order valence-electron chi connectivity index (χ3n) is 2.06. The summed E-state index contributed by atoms with van der Waals surface area (Å²) in [6.07, 6.45) is 0.921. The van der Waals surface area contributed by atoms with Crippen LogP contribution in [0.4, 0.5) is 5.69 Å². The zero-order chi connectivity index (χ0) is 11.1. The third kappa shape index (κ3) is 3.59. The van der Waals surface area contributed by atoms with Crippen LogP contribution in [-0.2, 0) is 0 Å². The fourth-order valence-electron chi connectivity index (χ4n) is 1.25. The highest BCUT2D eigenvalue weighted by molar-refractivity contribution is 5.94. The predicted octanol–water partition coefficient (Wildman–Crippen LogP) is 0.807. The summed E-state index contributed by atoms with van der Waals surface area (Å²) in [5, 5.41) is 5.79. The molecule has 4 nitrogen and oxygen atoms in total. The summed E-state index contributed by atoms with van der Waals surface area (Å²) in [7, 11) is 1.62. The van der Waals surface area contributed by atoms with Gasteiger partial charge >= 0.3 is 0 Å². The molecule has 1 aromatic rings. The number of nitrogens with two attached hydrogens (primary N) is 1. The van der Waals surface area contributed by atoms with Gasteiger partial charge in [0.15, 0.2) is 0 Å². The molecular formula is C11H17N3O. The fourth-order valence-corrected chi connectivity index (χ4v) is 1.25. The lowest BCUT2D eigenvalue weighted by Gasteiger charge is -2.06. The molecule has 1 amide bonds. The Balaban J connectivity index is 2.62. The van der Waals surface area contributed by atoms with E-state index in [0.29, 0.717) is 12.1 Å². The van der Waals surface area contributed by atoms with Crippen molar-refractivity contribution in [3.8, 4) is 0 Å². The summed E-state index contributed by atoms with van der Waals surface area (Å²) in [5.41, 5.74) is 7.00. The van der Waals surface area contributed by atoms with Crippen LogP contribution in [0.25, 0.3) is 0 Å². The first-order chi connectivity index (χ1) is 7.27. The number of carbonyl (C=O) groups is 1. The number of rotatable bonds is 5. The Labute approximate surface area is 89.9 Å². The number of hydrogen-bond donors (Lipinski definition) is 3. The number of anilines is 1. The summed E-state index contributed by atoms with van der Waals surface area (Å²) in [4.78, 5) is 11.3. The van der Waals surface area contributed by atoms with Crippen LogP contribution in [0.5, 0.6) is 0 Å². The number of nitrogens with one attached hydrogen (secondary N) is 2. The highest BCUT2D eigenvalue weighted by Gasteiger charge is 2.02. The first-order valence-electron chi connectivity index (χ1n) is 5.04. The van der Waals surface area contributed by atoms with Crippen molar-refractivity contribution < 1.29 is 4.79 Å². The van der Waals surface area contributed by atoms with Crippen LogP contribution in [0.1, 0.15) is 16.8 Å². The first-order valence-corrected chi connectivity index (χ1v) is 5.04. The Hall–Kier alpha value is -1.55. The van der Waals surface area contributed by atoms with E-state index in [2.05, 4.69) is 10.6 Å². The van der Waals surface area contributed by atoms with Crippen LogP contribution in [0.15, 0.2) is 24.3 Å². The first kappa shape index (κ1) is 11.5. The van der Waals surface area contributed by atoms with E-state index >= 15 is 0 Å². The van der Waals surface area contributed by atoms with E-state index in [1.807, 2.05) is 18.2 Å². The molecule has 0 heterocycles. The largest absolute Gasteiger partial charge is 0.385 e. The second-order valence-electron chi connectivity index (χ2n) is 3.23. The molecule has 0 radical (unpaired) electrons. The molecule has 0 spiro atoms. The van der Waals surface area contributed by atoms with Crippen LogP contribution in [0.3, 0.4) is 0 Å². The van der Waals surface area contributed by atoms with Gasteiger partial charge in [-0.3, -0.25) is 4.79 Å². The summed E-state index contributed by atoms with van der Waals surface area (Å²) in [6, 6.07) is 7.40. The number of carbonyl (C=O) groups excluding carboxylic acids is 1. The predicted molar refractivity (Wildman–Crippen MR) is 62.0 cm³/mol. The lowest BCUT2D eigenvalue weighted by molar-refractivity contribution is 0.0963. The standard InChI is InChI=1S/C11H17N3O/c1-13-11(15)9-4-2-5-10(8-9)14-7-3-6-12/h2,4-5,8,14H,3,6-7,12H2,1H3,(H,13,15). The molecule has 0 saturated carbocycles. The van der Waals surface area contributed by atoms with Crippen LogP contribution >= 0.6 is 0 Å². The third-order valence-corrected chi connectivity index (χ3v) is 2.06. The molecule has 15 heavy (non-hydrogen) atoms. The smallest absolute Gasteiger partial charge is 0.251 e. The topological polar surface area (TPSA) is 67.2 Å². The van der Waals surface area contributed by atoms with E-state index in [1.165, 1.54) is 0 Å². The molecule has 4 N–H and O–H groups in total. The maximum Gasteiger partial charge on any atom is 0.251 e. The van der Waals surface area contributed by atoms with Gasteiger partial charge in [-0.15, -0.1) is 0 Å². The molecule has 1 aromatic carbocycles. The monoisotopic (exact) mass is 207 g/mol. The summed E-state index contributed by atoms with van der Waals surface area (Å²) in [6.45, 7) is 1.50. The molecule has 82 valence electrons. The van der Waals surface area contributed by atoms with Crippen molar-refractivity contribution in [3.63, 3.8) is 0 Å². The lowest BCUT2D eigenvalue weighted by atomic mass is 10.2. The van der Waals surface area contributed by atoms with Crippen molar-refractivity contribution in [1.29, 1.82) is 0 Å². The number of benzene rings is 1. The summed E-state index contributed by atoms with van der Waals surface area (Å²) >= 11 is 0. The van der Waals surface area contributed by atoms with Gasteiger partial charge in [-0.25, -0.2) is 0 Å². The lowest BCUT2D eigenvalue weighted by Crippen LogP contribution is -2.18. The minimum absolute atomic E-state index is 0.0718. The van der Waals surface area contributed by atoms with Gasteiger partial charge in [0, 0.05) is 24.8 Å². The van der Waals surface area contributed by atoms with Gasteiger partial charge in [0.2, 0.25) is 0 Å². The molecule has 0 aromatic heterocycles. The van der Waals surface area contributed by atoms with Crippen molar-refractivity contribution in [2.45, 2.75) is 6.42 Å². The van der Waals surface area contributed by atoms with Crippen LogP contribution in [-0.4, -0.2) is 26.0 Å². The maximum absolute atomic E-state index is 11.3. The second-order valence-corrected chi connectivity index (χ2v) is 3.23. The Morgan fingerprint density at radius 3 is 2.93 bits per heavy atom. The van der Waals surface area contributed by atoms with E-state index in [9.17, 15) is 4.79 Å². The van der Waals surface area contributed by atoms with Gasteiger partial charge in [0.1, 0.15) is 0 Å².